The van der Waals surface area contributed by atoms with Gasteiger partial charge in [0.15, 0.2) is 5.43 Å². The summed E-state index contributed by atoms with van der Waals surface area (Å²) in [5.74, 6) is -0.515. The highest BCUT2D eigenvalue weighted by molar-refractivity contribution is 7.16. The van der Waals surface area contributed by atoms with E-state index in [2.05, 4.69) is 15.3 Å². The number of hydrogen-bond donors (Lipinski definition) is 2. The van der Waals surface area contributed by atoms with E-state index in [1.807, 2.05) is 6.07 Å². The Morgan fingerprint density at radius 2 is 2.24 bits per heavy atom. The van der Waals surface area contributed by atoms with Crippen LogP contribution >= 0.6 is 22.9 Å². The second-order valence-electron chi connectivity index (χ2n) is 4.47. The van der Waals surface area contributed by atoms with Crippen LogP contribution in [0.25, 0.3) is 10.2 Å². The number of halogens is 1. The number of aromatic nitrogens is 2. The molecular formula is C14H10ClN3O2S. The van der Waals surface area contributed by atoms with Gasteiger partial charge in [0.25, 0.3) is 5.91 Å². The van der Waals surface area contributed by atoms with Crippen molar-refractivity contribution >= 4 is 44.7 Å². The molecule has 7 heteroatoms. The van der Waals surface area contributed by atoms with E-state index in [1.54, 1.807) is 18.5 Å². The predicted molar refractivity (Wildman–Crippen MR) is 84.4 cm³/mol. The van der Waals surface area contributed by atoms with Crippen LogP contribution < -0.4 is 10.7 Å². The Kier molecular flexibility index (Phi) is 3.48. The molecule has 0 aliphatic heterocycles. The highest BCUT2D eigenvalue weighted by Crippen LogP contribution is 2.32. The maximum atomic E-state index is 12.2. The molecule has 106 valence electrons. The first-order valence-corrected chi connectivity index (χ1v) is 7.34. The van der Waals surface area contributed by atoms with Gasteiger partial charge in [0.1, 0.15) is 11.1 Å². The standard InChI is InChI=1S/C14H10ClN3O2S/c1-7-4-10(19)8(5-16-7)14(20)18-12-9(15)2-3-11-13(12)17-6-21-11/h2-6H,1H3,(H,16,19)(H,18,20). The number of H-pyrrole nitrogens is 1. The fourth-order valence-corrected chi connectivity index (χ4v) is 2.84. The van der Waals surface area contributed by atoms with E-state index >= 15 is 0 Å². The Morgan fingerprint density at radius 3 is 3.00 bits per heavy atom. The molecule has 1 amide bonds. The van der Waals surface area contributed by atoms with Crippen molar-refractivity contribution in [3.05, 3.63) is 56.4 Å². The zero-order valence-electron chi connectivity index (χ0n) is 10.9. The minimum atomic E-state index is -0.515. The third-order valence-corrected chi connectivity index (χ3v) is 4.10. The number of nitrogens with one attached hydrogen (secondary N) is 2. The zero-order chi connectivity index (χ0) is 15.0. The molecule has 2 N–H and O–H groups in total. The summed E-state index contributed by atoms with van der Waals surface area (Å²) in [5.41, 5.74) is 3.09. The molecule has 0 unspecified atom stereocenters. The summed E-state index contributed by atoms with van der Waals surface area (Å²) in [6, 6.07) is 4.90. The number of benzene rings is 1. The molecule has 0 saturated heterocycles. The van der Waals surface area contributed by atoms with Gasteiger partial charge in [-0.1, -0.05) is 11.6 Å². The summed E-state index contributed by atoms with van der Waals surface area (Å²) in [7, 11) is 0. The van der Waals surface area contributed by atoms with E-state index in [0.717, 1.165) is 4.70 Å². The molecule has 0 spiro atoms. The van der Waals surface area contributed by atoms with Gasteiger partial charge < -0.3 is 10.3 Å². The van der Waals surface area contributed by atoms with Crippen LogP contribution in [0.2, 0.25) is 5.02 Å². The van der Waals surface area contributed by atoms with Crippen LogP contribution in [0, 0.1) is 6.92 Å². The van der Waals surface area contributed by atoms with Gasteiger partial charge in [-0.15, -0.1) is 11.3 Å². The Hall–Kier alpha value is -2.18. The van der Waals surface area contributed by atoms with Crippen LogP contribution in [0.4, 0.5) is 5.69 Å². The predicted octanol–water partition coefficient (Wildman–Crippen LogP) is 3.20. The largest absolute Gasteiger partial charge is 0.364 e. The number of anilines is 1. The lowest BCUT2D eigenvalue weighted by atomic mass is 10.2. The van der Waals surface area contributed by atoms with Crippen molar-refractivity contribution in [3.63, 3.8) is 0 Å². The van der Waals surface area contributed by atoms with Crippen LogP contribution in [0.15, 0.2) is 34.7 Å². The second kappa shape index (κ2) is 5.31. The van der Waals surface area contributed by atoms with E-state index < -0.39 is 5.91 Å². The van der Waals surface area contributed by atoms with Gasteiger partial charge in [0, 0.05) is 18.0 Å². The number of thiazole rings is 1. The van der Waals surface area contributed by atoms with Crippen molar-refractivity contribution in [2.45, 2.75) is 6.92 Å². The van der Waals surface area contributed by atoms with Gasteiger partial charge in [0.2, 0.25) is 0 Å². The lowest BCUT2D eigenvalue weighted by Gasteiger charge is -2.08. The SMILES string of the molecule is Cc1cc(=O)c(C(=O)Nc2c(Cl)ccc3scnc23)c[nH]1. The normalized spacial score (nSPS) is 10.8. The van der Waals surface area contributed by atoms with E-state index in [1.165, 1.54) is 23.6 Å². The molecule has 0 aliphatic carbocycles. The van der Waals surface area contributed by atoms with E-state index in [4.69, 9.17) is 11.6 Å². The van der Waals surface area contributed by atoms with Crippen molar-refractivity contribution < 1.29 is 4.79 Å². The first-order valence-electron chi connectivity index (χ1n) is 6.08. The molecule has 2 aromatic heterocycles. The number of nitrogens with zero attached hydrogens (tertiary/aromatic N) is 1. The van der Waals surface area contributed by atoms with Crippen LogP contribution in [-0.4, -0.2) is 15.9 Å². The maximum Gasteiger partial charge on any atom is 0.261 e. The monoisotopic (exact) mass is 319 g/mol. The van der Waals surface area contributed by atoms with E-state index in [9.17, 15) is 9.59 Å². The summed E-state index contributed by atoms with van der Waals surface area (Å²) < 4.78 is 0.910. The lowest BCUT2D eigenvalue weighted by molar-refractivity contribution is 0.102. The zero-order valence-corrected chi connectivity index (χ0v) is 12.5. The smallest absolute Gasteiger partial charge is 0.261 e. The van der Waals surface area contributed by atoms with Crippen LogP contribution in [-0.2, 0) is 0 Å². The fraction of sp³-hybridized carbons (Fsp3) is 0.0714. The molecule has 1 aromatic carbocycles. The van der Waals surface area contributed by atoms with Crippen molar-refractivity contribution in [1.82, 2.24) is 9.97 Å². The number of hydrogen-bond acceptors (Lipinski definition) is 4. The number of amides is 1. The van der Waals surface area contributed by atoms with Gasteiger partial charge >= 0.3 is 0 Å². The number of carbonyl (C=O) groups is 1. The Bertz CT molecular complexity index is 901. The summed E-state index contributed by atoms with van der Waals surface area (Å²) in [5, 5.41) is 3.05. The topological polar surface area (TPSA) is 74.8 Å². The quantitative estimate of drug-likeness (QED) is 0.761. The number of fused-ring (bicyclic) bond motifs is 1. The van der Waals surface area contributed by atoms with Crippen LogP contribution in [0.3, 0.4) is 0 Å². The van der Waals surface area contributed by atoms with Crippen molar-refractivity contribution in [3.8, 4) is 0 Å². The Balaban J connectivity index is 2.02. The molecule has 0 aliphatic rings. The minimum absolute atomic E-state index is 0.0314. The number of aryl methyl sites for hydroxylation is 1. The fourth-order valence-electron chi connectivity index (χ4n) is 1.96. The molecule has 3 aromatic rings. The van der Waals surface area contributed by atoms with Crippen molar-refractivity contribution in [2.75, 3.05) is 5.32 Å². The van der Waals surface area contributed by atoms with Crippen molar-refractivity contribution in [1.29, 1.82) is 0 Å². The highest BCUT2D eigenvalue weighted by atomic mass is 35.5. The Morgan fingerprint density at radius 1 is 1.43 bits per heavy atom. The summed E-state index contributed by atoms with van der Waals surface area (Å²) in [4.78, 5) is 31.1. The van der Waals surface area contributed by atoms with Crippen LogP contribution in [0.5, 0.6) is 0 Å². The maximum absolute atomic E-state index is 12.2. The molecule has 3 rings (SSSR count). The molecule has 0 bridgehead atoms. The number of pyridine rings is 1. The van der Waals surface area contributed by atoms with Crippen molar-refractivity contribution in [2.24, 2.45) is 0 Å². The number of carbonyl (C=O) groups excluding carboxylic acids is 1. The summed E-state index contributed by atoms with van der Waals surface area (Å²) >= 11 is 7.57. The first kappa shape index (κ1) is 13.8. The molecule has 0 fully saturated rings. The summed E-state index contributed by atoms with van der Waals surface area (Å²) in [6.07, 6.45) is 1.39. The third kappa shape index (κ3) is 2.55. The highest BCUT2D eigenvalue weighted by Gasteiger charge is 2.15. The van der Waals surface area contributed by atoms with E-state index in [-0.39, 0.29) is 11.0 Å². The Labute approximate surface area is 128 Å². The second-order valence-corrected chi connectivity index (χ2v) is 5.76. The number of aromatic amines is 1. The molecular weight excluding hydrogens is 310 g/mol. The third-order valence-electron chi connectivity index (χ3n) is 2.99. The van der Waals surface area contributed by atoms with Gasteiger partial charge in [-0.3, -0.25) is 9.59 Å². The van der Waals surface area contributed by atoms with E-state index in [0.29, 0.717) is 21.9 Å². The van der Waals surface area contributed by atoms with Crippen LogP contribution in [0.1, 0.15) is 16.1 Å². The molecule has 0 atom stereocenters. The molecule has 21 heavy (non-hydrogen) atoms. The molecule has 0 radical (unpaired) electrons. The molecule has 0 saturated carbocycles. The average molecular weight is 320 g/mol. The van der Waals surface area contributed by atoms with Gasteiger partial charge in [-0.2, -0.15) is 0 Å². The summed E-state index contributed by atoms with van der Waals surface area (Å²) in [6.45, 7) is 1.75. The minimum Gasteiger partial charge on any atom is -0.364 e. The first-order chi connectivity index (χ1) is 10.1. The van der Waals surface area contributed by atoms with Gasteiger partial charge in [-0.05, 0) is 19.1 Å². The average Bonchev–Trinajstić information content (AvgIpc) is 2.90. The number of rotatable bonds is 2. The van der Waals surface area contributed by atoms with Gasteiger partial charge in [0.05, 0.1) is 20.9 Å². The lowest BCUT2D eigenvalue weighted by Crippen LogP contribution is -2.21. The molecule has 5 nitrogen and oxygen atoms in total. The molecule has 2 heterocycles. The van der Waals surface area contributed by atoms with Gasteiger partial charge in [-0.25, -0.2) is 4.98 Å².